The maximum absolute atomic E-state index is 9.83. The molecule has 1 N–H and O–H groups in total. The molecule has 1 aliphatic rings. The lowest BCUT2D eigenvalue weighted by molar-refractivity contribution is -0.0344. The van der Waals surface area contributed by atoms with Gasteiger partial charge in [0.2, 0.25) is 0 Å². The van der Waals surface area contributed by atoms with Gasteiger partial charge in [-0.3, -0.25) is 4.68 Å². The van der Waals surface area contributed by atoms with Gasteiger partial charge in [-0.1, -0.05) is 0 Å². The number of nitrogens with zero attached hydrogens (tertiary/aromatic N) is 3. The first-order valence-corrected chi connectivity index (χ1v) is 4.25. The van der Waals surface area contributed by atoms with E-state index in [1.807, 2.05) is 7.05 Å². The molecule has 0 atom stereocenters. The molecule has 4 heteroatoms. The van der Waals surface area contributed by atoms with E-state index in [2.05, 4.69) is 10.1 Å². The lowest BCUT2D eigenvalue weighted by Crippen LogP contribution is -2.39. The largest absolute Gasteiger partial charge is 0.389 e. The monoisotopic (exact) mass is 167 g/mol. The van der Waals surface area contributed by atoms with Crippen LogP contribution in [0.5, 0.6) is 0 Å². The first-order valence-electron chi connectivity index (χ1n) is 4.25. The van der Waals surface area contributed by atoms with Crippen LogP contribution in [0, 0.1) is 0 Å². The van der Waals surface area contributed by atoms with Crippen molar-refractivity contribution in [3.63, 3.8) is 0 Å². The summed E-state index contributed by atoms with van der Waals surface area (Å²) in [6, 6.07) is 0. The third-order valence-corrected chi connectivity index (χ3v) is 2.58. The van der Waals surface area contributed by atoms with Crippen LogP contribution in [0.1, 0.15) is 25.1 Å². The van der Waals surface area contributed by atoms with Crippen LogP contribution < -0.4 is 0 Å². The summed E-state index contributed by atoms with van der Waals surface area (Å²) < 4.78 is 1.72. The van der Waals surface area contributed by atoms with Crippen LogP contribution in [-0.4, -0.2) is 25.5 Å². The molecule has 0 aliphatic heterocycles. The number of aryl methyl sites for hydroxylation is 1. The van der Waals surface area contributed by atoms with Gasteiger partial charge in [0.15, 0.2) is 0 Å². The van der Waals surface area contributed by atoms with Crippen LogP contribution in [0.4, 0.5) is 0 Å². The number of aromatic nitrogens is 3. The highest BCUT2D eigenvalue weighted by Gasteiger charge is 2.35. The maximum Gasteiger partial charge on any atom is 0.138 e. The average Bonchev–Trinajstić information content (AvgIpc) is 2.34. The highest BCUT2D eigenvalue weighted by molar-refractivity contribution is 4.98. The van der Waals surface area contributed by atoms with Crippen LogP contribution in [0.15, 0.2) is 6.33 Å². The van der Waals surface area contributed by atoms with E-state index in [4.69, 9.17) is 0 Å². The molecule has 66 valence electrons. The van der Waals surface area contributed by atoms with Crippen LogP contribution in [0.25, 0.3) is 0 Å². The second kappa shape index (κ2) is 2.55. The fourth-order valence-electron chi connectivity index (χ4n) is 1.54. The summed E-state index contributed by atoms with van der Waals surface area (Å²) in [6.07, 6.45) is 5.11. The van der Waals surface area contributed by atoms with Crippen molar-refractivity contribution in [2.45, 2.75) is 31.3 Å². The molecular formula is C8H13N3O. The first-order chi connectivity index (χ1) is 5.70. The Hall–Kier alpha value is -0.900. The van der Waals surface area contributed by atoms with Gasteiger partial charge < -0.3 is 5.11 Å². The summed E-state index contributed by atoms with van der Waals surface area (Å²) in [5.41, 5.74) is -0.485. The molecule has 0 unspecified atom stereocenters. The smallest absolute Gasteiger partial charge is 0.138 e. The van der Waals surface area contributed by atoms with Crippen LogP contribution >= 0.6 is 0 Å². The highest BCUT2D eigenvalue weighted by Crippen LogP contribution is 2.33. The first kappa shape index (κ1) is 7.73. The topological polar surface area (TPSA) is 50.9 Å². The predicted octanol–water partition coefficient (Wildman–Crippen LogP) is 0.273. The summed E-state index contributed by atoms with van der Waals surface area (Å²) in [5.74, 6) is 0.872. The molecule has 1 fully saturated rings. The van der Waals surface area contributed by atoms with Gasteiger partial charge in [0.1, 0.15) is 12.2 Å². The predicted molar refractivity (Wildman–Crippen MR) is 43.5 cm³/mol. The van der Waals surface area contributed by atoms with E-state index in [1.165, 1.54) is 6.33 Å². The molecule has 1 heterocycles. The SMILES string of the molecule is Cn1ncnc1CC1(O)CCC1. The number of hydrogen-bond acceptors (Lipinski definition) is 3. The van der Waals surface area contributed by atoms with Crippen molar-refractivity contribution in [1.82, 2.24) is 14.8 Å². The van der Waals surface area contributed by atoms with E-state index < -0.39 is 5.60 Å². The molecule has 1 aromatic rings. The number of hydrogen-bond donors (Lipinski definition) is 1. The van der Waals surface area contributed by atoms with Crippen molar-refractivity contribution in [2.75, 3.05) is 0 Å². The van der Waals surface area contributed by atoms with Gasteiger partial charge in [0, 0.05) is 13.5 Å². The third-order valence-electron chi connectivity index (χ3n) is 2.58. The van der Waals surface area contributed by atoms with E-state index in [1.54, 1.807) is 4.68 Å². The zero-order valence-electron chi connectivity index (χ0n) is 7.19. The number of aliphatic hydroxyl groups is 1. The average molecular weight is 167 g/mol. The van der Waals surface area contributed by atoms with E-state index in [0.717, 1.165) is 25.1 Å². The zero-order valence-corrected chi connectivity index (χ0v) is 7.19. The molecule has 1 aliphatic carbocycles. The minimum atomic E-state index is -0.485. The zero-order chi connectivity index (χ0) is 8.60. The van der Waals surface area contributed by atoms with Crippen LogP contribution in [0.3, 0.4) is 0 Å². The standard InChI is InChI=1S/C8H13N3O/c1-11-7(9-6-10-11)5-8(12)3-2-4-8/h6,12H,2-5H2,1H3. The van der Waals surface area contributed by atoms with Gasteiger partial charge in [0.25, 0.3) is 0 Å². The quantitative estimate of drug-likeness (QED) is 0.688. The van der Waals surface area contributed by atoms with E-state index >= 15 is 0 Å². The summed E-state index contributed by atoms with van der Waals surface area (Å²) in [5, 5.41) is 13.8. The molecule has 4 nitrogen and oxygen atoms in total. The van der Waals surface area contributed by atoms with E-state index in [-0.39, 0.29) is 0 Å². The molecule has 1 aromatic heterocycles. The molecule has 1 saturated carbocycles. The van der Waals surface area contributed by atoms with Crippen LogP contribution in [-0.2, 0) is 13.5 Å². The molecule has 0 aromatic carbocycles. The van der Waals surface area contributed by atoms with Gasteiger partial charge in [-0.2, -0.15) is 5.10 Å². The van der Waals surface area contributed by atoms with Gasteiger partial charge in [0.05, 0.1) is 5.60 Å². The molecule has 12 heavy (non-hydrogen) atoms. The van der Waals surface area contributed by atoms with E-state index in [0.29, 0.717) is 6.42 Å². The highest BCUT2D eigenvalue weighted by atomic mass is 16.3. The molecule has 0 bridgehead atoms. The Labute approximate surface area is 71.2 Å². The second-order valence-electron chi connectivity index (χ2n) is 3.55. The third kappa shape index (κ3) is 1.22. The number of rotatable bonds is 2. The summed E-state index contributed by atoms with van der Waals surface area (Å²) >= 11 is 0. The lowest BCUT2D eigenvalue weighted by atomic mass is 9.78. The normalized spacial score (nSPS) is 20.5. The molecular weight excluding hydrogens is 154 g/mol. The fraction of sp³-hybridized carbons (Fsp3) is 0.750. The van der Waals surface area contributed by atoms with Crippen molar-refractivity contribution in [3.8, 4) is 0 Å². The molecule has 0 saturated heterocycles. The Bertz CT molecular complexity index is 278. The van der Waals surface area contributed by atoms with Crippen LogP contribution in [0.2, 0.25) is 0 Å². The van der Waals surface area contributed by atoms with Crippen molar-refractivity contribution in [2.24, 2.45) is 7.05 Å². The minimum absolute atomic E-state index is 0.485. The lowest BCUT2D eigenvalue weighted by Gasteiger charge is -2.35. The van der Waals surface area contributed by atoms with Crippen molar-refractivity contribution in [3.05, 3.63) is 12.2 Å². The Kier molecular flexibility index (Phi) is 1.65. The summed E-state index contributed by atoms with van der Waals surface area (Å²) in [6.45, 7) is 0. The fourth-order valence-corrected chi connectivity index (χ4v) is 1.54. The Balaban J connectivity index is 2.08. The molecule has 0 amide bonds. The second-order valence-corrected chi connectivity index (χ2v) is 3.55. The molecule has 0 spiro atoms. The van der Waals surface area contributed by atoms with Crippen molar-refractivity contribution >= 4 is 0 Å². The van der Waals surface area contributed by atoms with Gasteiger partial charge in [-0.15, -0.1) is 0 Å². The summed E-state index contributed by atoms with van der Waals surface area (Å²) in [4.78, 5) is 4.07. The summed E-state index contributed by atoms with van der Waals surface area (Å²) in [7, 11) is 1.85. The van der Waals surface area contributed by atoms with Gasteiger partial charge in [-0.05, 0) is 19.3 Å². The minimum Gasteiger partial charge on any atom is -0.389 e. The van der Waals surface area contributed by atoms with Gasteiger partial charge >= 0.3 is 0 Å². The van der Waals surface area contributed by atoms with E-state index in [9.17, 15) is 5.11 Å². The Morgan fingerprint density at radius 1 is 1.67 bits per heavy atom. The molecule has 0 radical (unpaired) electrons. The molecule has 2 rings (SSSR count). The Morgan fingerprint density at radius 2 is 2.42 bits per heavy atom. The van der Waals surface area contributed by atoms with Crippen molar-refractivity contribution in [1.29, 1.82) is 0 Å². The van der Waals surface area contributed by atoms with Crippen molar-refractivity contribution < 1.29 is 5.11 Å². The maximum atomic E-state index is 9.83. The van der Waals surface area contributed by atoms with Gasteiger partial charge in [-0.25, -0.2) is 4.98 Å². The Morgan fingerprint density at radius 3 is 2.83 bits per heavy atom.